The topological polar surface area (TPSA) is 21.3 Å². The summed E-state index contributed by atoms with van der Waals surface area (Å²) in [6, 6.07) is 15.4. The molecule has 1 atom stereocenters. The molecule has 0 aliphatic carbocycles. The lowest BCUT2D eigenvalue weighted by Crippen LogP contribution is -2.30. The van der Waals surface area contributed by atoms with Gasteiger partial charge in [-0.15, -0.1) is 0 Å². The van der Waals surface area contributed by atoms with Crippen LogP contribution < -0.4 is 10.1 Å². The average Bonchev–Trinajstić information content (AvgIpc) is 2.50. The van der Waals surface area contributed by atoms with Crippen molar-refractivity contribution >= 4 is 0 Å². The van der Waals surface area contributed by atoms with Gasteiger partial charge < -0.3 is 10.1 Å². The maximum atomic E-state index is 13.5. The number of hydrogen-bond donors (Lipinski definition) is 1. The zero-order valence-electron chi connectivity index (χ0n) is 12.6. The van der Waals surface area contributed by atoms with Crippen LogP contribution in [0.1, 0.15) is 18.1 Å². The molecule has 112 valence electrons. The normalized spacial score (nSPS) is 12.1. The fourth-order valence-electron chi connectivity index (χ4n) is 2.34. The predicted octanol–water partition coefficient (Wildman–Crippen LogP) is 3.60. The van der Waals surface area contributed by atoms with E-state index in [0.717, 1.165) is 24.3 Å². The number of methoxy groups -OCH3 is 1. The Morgan fingerprint density at radius 3 is 2.48 bits per heavy atom. The number of hydrogen-bond acceptors (Lipinski definition) is 2. The molecular weight excluding hydrogens is 265 g/mol. The Labute approximate surface area is 126 Å². The summed E-state index contributed by atoms with van der Waals surface area (Å²) in [5.74, 6) is 0.751. The molecule has 1 N–H and O–H groups in total. The van der Waals surface area contributed by atoms with Crippen molar-refractivity contribution in [2.75, 3.05) is 13.7 Å². The van der Waals surface area contributed by atoms with Crippen LogP contribution in [0, 0.1) is 5.82 Å². The quantitative estimate of drug-likeness (QED) is 0.840. The van der Waals surface area contributed by atoms with Crippen molar-refractivity contribution in [3.63, 3.8) is 0 Å². The number of rotatable bonds is 7. The second-order valence-corrected chi connectivity index (χ2v) is 5.25. The molecule has 0 aliphatic heterocycles. The van der Waals surface area contributed by atoms with Gasteiger partial charge in [-0.2, -0.15) is 0 Å². The third-order valence-electron chi connectivity index (χ3n) is 3.55. The highest BCUT2D eigenvalue weighted by molar-refractivity contribution is 5.27. The zero-order valence-corrected chi connectivity index (χ0v) is 12.6. The molecule has 0 saturated heterocycles. The maximum absolute atomic E-state index is 13.5. The summed E-state index contributed by atoms with van der Waals surface area (Å²) in [6.45, 7) is 2.92. The van der Waals surface area contributed by atoms with Crippen molar-refractivity contribution in [3.8, 4) is 5.75 Å². The fraction of sp³-hybridized carbons (Fsp3) is 0.333. The van der Waals surface area contributed by atoms with Gasteiger partial charge in [-0.3, -0.25) is 0 Å². The second kappa shape index (κ2) is 7.79. The summed E-state index contributed by atoms with van der Waals surface area (Å²) < 4.78 is 18.6. The van der Waals surface area contributed by atoms with Gasteiger partial charge in [0.15, 0.2) is 0 Å². The second-order valence-electron chi connectivity index (χ2n) is 5.25. The van der Waals surface area contributed by atoms with Gasteiger partial charge in [0.25, 0.3) is 0 Å². The molecule has 0 radical (unpaired) electrons. The Balaban J connectivity index is 1.76. The van der Waals surface area contributed by atoms with Crippen molar-refractivity contribution < 1.29 is 9.13 Å². The Hall–Kier alpha value is -1.87. The Morgan fingerprint density at radius 2 is 1.81 bits per heavy atom. The summed E-state index contributed by atoms with van der Waals surface area (Å²) in [4.78, 5) is 0. The van der Waals surface area contributed by atoms with E-state index < -0.39 is 0 Å². The molecule has 0 spiro atoms. The van der Waals surface area contributed by atoms with Gasteiger partial charge in [0.2, 0.25) is 0 Å². The van der Waals surface area contributed by atoms with E-state index in [0.29, 0.717) is 12.5 Å². The van der Waals surface area contributed by atoms with Crippen LogP contribution in [0.4, 0.5) is 4.39 Å². The van der Waals surface area contributed by atoms with Gasteiger partial charge in [-0.05, 0) is 55.6 Å². The molecule has 0 amide bonds. The molecule has 0 aromatic heterocycles. The highest BCUT2D eigenvalue weighted by atomic mass is 19.1. The van der Waals surface area contributed by atoms with Crippen molar-refractivity contribution in [3.05, 3.63) is 65.5 Å². The van der Waals surface area contributed by atoms with E-state index in [-0.39, 0.29) is 5.82 Å². The number of benzene rings is 2. The lowest BCUT2D eigenvalue weighted by molar-refractivity contribution is 0.414. The summed E-state index contributed by atoms with van der Waals surface area (Å²) in [6.07, 6.45) is 1.65. The number of ether oxygens (including phenoxy) is 1. The van der Waals surface area contributed by atoms with Crippen LogP contribution in [0.3, 0.4) is 0 Å². The smallest absolute Gasteiger partial charge is 0.126 e. The van der Waals surface area contributed by atoms with Crippen molar-refractivity contribution in [1.82, 2.24) is 5.32 Å². The third-order valence-corrected chi connectivity index (χ3v) is 3.55. The Morgan fingerprint density at radius 1 is 1.10 bits per heavy atom. The molecule has 2 aromatic rings. The molecular formula is C18H22FNO. The van der Waals surface area contributed by atoms with Crippen LogP contribution in [0.2, 0.25) is 0 Å². The average molecular weight is 287 g/mol. The number of nitrogens with one attached hydrogen (secondary N) is 1. The standard InChI is InChI=1S/C18H22FNO/c1-14(13-15-7-9-17(21-2)10-8-15)20-12-11-16-5-3-4-6-18(16)19/h3-10,14,20H,11-13H2,1-2H3/t14-/m0/s1. The van der Waals surface area contributed by atoms with E-state index in [1.165, 1.54) is 11.6 Å². The van der Waals surface area contributed by atoms with Gasteiger partial charge in [-0.1, -0.05) is 30.3 Å². The van der Waals surface area contributed by atoms with E-state index in [1.54, 1.807) is 13.2 Å². The molecule has 21 heavy (non-hydrogen) atoms. The first kappa shape index (κ1) is 15.5. The summed E-state index contributed by atoms with van der Waals surface area (Å²) in [5, 5.41) is 3.44. The molecule has 3 heteroatoms. The summed E-state index contributed by atoms with van der Waals surface area (Å²) >= 11 is 0. The molecule has 2 aromatic carbocycles. The monoisotopic (exact) mass is 287 g/mol. The van der Waals surface area contributed by atoms with E-state index >= 15 is 0 Å². The molecule has 2 rings (SSSR count). The first-order chi connectivity index (χ1) is 10.2. The molecule has 0 fully saturated rings. The zero-order chi connectivity index (χ0) is 15.1. The van der Waals surface area contributed by atoms with Gasteiger partial charge >= 0.3 is 0 Å². The minimum absolute atomic E-state index is 0.123. The lowest BCUT2D eigenvalue weighted by Gasteiger charge is -2.14. The SMILES string of the molecule is COc1ccc(C[C@H](C)NCCc2ccccc2F)cc1. The highest BCUT2D eigenvalue weighted by Gasteiger charge is 2.05. The minimum Gasteiger partial charge on any atom is -0.497 e. The highest BCUT2D eigenvalue weighted by Crippen LogP contribution is 2.12. The summed E-state index contributed by atoms with van der Waals surface area (Å²) in [5.41, 5.74) is 2.03. The van der Waals surface area contributed by atoms with E-state index in [2.05, 4.69) is 24.4 Å². The van der Waals surface area contributed by atoms with Crippen molar-refractivity contribution in [1.29, 1.82) is 0 Å². The van der Waals surface area contributed by atoms with E-state index in [9.17, 15) is 4.39 Å². The van der Waals surface area contributed by atoms with Crippen molar-refractivity contribution in [2.45, 2.75) is 25.8 Å². The van der Waals surface area contributed by atoms with Gasteiger partial charge in [0, 0.05) is 6.04 Å². The molecule has 0 saturated carbocycles. The summed E-state index contributed by atoms with van der Waals surface area (Å²) in [7, 11) is 1.67. The third kappa shape index (κ3) is 4.87. The van der Waals surface area contributed by atoms with Crippen LogP contribution in [-0.2, 0) is 12.8 Å². The predicted molar refractivity (Wildman–Crippen MR) is 84.3 cm³/mol. The van der Waals surface area contributed by atoms with Crippen LogP contribution in [0.5, 0.6) is 5.75 Å². The van der Waals surface area contributed by atoms with Gasteiger partial charge in [-0.25, -0.2) is 4.39 Å². The molecule has 0 aliphatic rings. The molecule has 0 heterocycles. The molecule has 0 unspecified atom stereocenters. The molecule has 2 nitrogen and oxygen atoms in total. The number of halogens is 1. The van der Waals surface area contributed by atoms with Crippen LogP contribution in [0.15, 0.2) is 48.5 Å². The van der Waals surface area contributed by atoms with Crippen molar-refractivity contribution in [2.24, 2.45) is 0 Å². The Kier molecular flexibility index (Phi) is 5.76. The van der Waals surface area contributed by atoms with E-state index in [4.69, 9.17) is 4.74 Å². The van der Waals surface area contributed by atoms with Gasteiger partial charge in [0.1, 0.15) is 11.6 Å². The largest absolute Gasteiger partial charge is 0.497 e. The first-order valence-electron chi connectivity index (χ1n) is 7.29. The molecule has 0 bridgehead atoms. The van der Waals surface area contributed by atoms with E-state index in [1.807, 2.05) is 24.3 Å². The minimum atomic E-state index is -0.123. The van der Waals surface area contributed by atoms with Gasteiger partial charge in [0.05, 0.1) is 7.11 Å². The van der Waals surface area contributed by atoms with Crippen LogP contribution in [0.25, 0.3) is 0 Å². The lowest BCUT2D eigenvalue weighted by atomic mass is 10.1. The fourth-order valence-corrected chi connectivity index (χ4v) is 2.34. The van der Waals surface area contributed by atoms with Crippen LogP contribution >= 0.6 is 0 Å². The Bertz CT molecular complexity index is 553. The maximum Gasteiger partial charge on any atom is 0.126 e. The van der Waals surface area contributed by atoms with Crippen LogP contribution in [-0.4, -0.2) is 19.7 Å². The first-order valence-corrected chi connectivity index (χ1v) is 7.29.